The number of aromatic nitrogens is 2. The lowest BCUT2D eigenvalue weighted by Gasteiger charge is -2.29. The minimum Gasteiger partial charge on any atom is -0.378 e. The lowest BCUT2D eigenvalue weighted by molar-refractivity contribution is -0.114. The number of aryl methyl sites for hydroxylation is 2. The van der Waals surface area contributed by atoms with E-state index in [4.69, 9.17) is 9.72 Å². The number of morpholine rings is 1. The monoisotopic (exact) mass is 486 g/mol. The number of amides is 1. The second kappa shape index (κ2) is 10.6. The molecule has 5 rings (SSSR count). The molecule has 0 saturated carbocycles. The van der Waals surface area contributed by atoms with Crippen LogP contribution in [0.2, 0.25) is 0 Å². The molecule has 2 aromatic carbocycles. The van der Waals surface area contributed by atoms with Crippen LogP contribution in [0.5, 0.6) is 0 Å². The van der Waals surface area contributed by atoms with Gasteiger partial charge >= 0.3 is 0 Å². The molecule has 3 aromatic rings. The molecule has 35 heavy (non-hydrogen) atoms. The summed E-state index contributed by atoms with van der Waals surface area (Å²) < 4.78 is 5.45. The lowest BCUT2D eigenvalue weighted by atomic mass is 10.0. The van der Waals surface area contributed by atoms with Crippen molar-refractivity contribution in [1.29, 1.82) is 0 Å². The van der Waals surface area contributed by atoms with E-state index in [0.717, 1.165) is 72.7 Å². The Balaban J connectivity index is 1.30. The minimum atomic E-state index is -0.0411. The summed E-state index contributed by atoms with van der Waals surface area (Å²) in [6, 6.07) is 15.0. The lowest BCUT2D eigenvalue weighted by Crippen LogP contribution is -2.36. The van der Waals surface area contributed by atoms with Crippen molar-refractivity contribution in [3.05, 3.63) is 83.8 Å². The van der Waals surface area contributed by atoms with Crippen LogP contribution in [0.4, 0.5) is 11.4 Å². The standard InChI is InChI=1S/C28H30N4O2S/c1-3-27(33)32-12-4-5-22-18-24(10-11-25(22)32)35-28-20(2)19-29-26(30-28)17-21-6-8-23(9-7-21)31-13-15-34-16-14-31/h3,6-11,18-19H,1,4-5,12-17H2,2H3. The molecule has 180 valence electrons. The number of fused-ring (bicyclic) bond motifs is 1. The van der Waals surface area contributed by atoms with Crippen LogP contribution in [0.3, 0.4) is 0 Å². The highest BCUT2D eigenvalue weighted by atomic mass is 32.2. The number of hydrogen-bond acceptors (Lipinski definition) is 6. The molecular formula is C28H30N4O2S. The molecular weight excluding hydrogens is 456 g/mol. The van der Waals surface area contributed by atoms with Crippen molar-refractivity contribution in [3.63, 3.8) is 0 Å². The molecule has 0 aliphatic carbocycles. The molecule has 0 spiro atoms. The first-order valence-corrected chi connectivity index (χ1v) is 12.9. The van der Waals surface area contributed by atoms with Crippen LogP contribution in [0.25, 0.3) is 0 Å². The molecule has 0 bridgehead atoms. The predicted molar refractivity (Wildman–Crippen MR) is 140 cm³/mol. The Bertz CT molecular complexity index is 1220. The third-order valence-electron chi connectivity index (χ3n) is 6.47. The number of ether oxygens (including phenoxy) is 1. The molecule has 6 nitrogen and oxygen atoms in total. The topological polar surface area (TPSA) is 58.6 Å². The van der Waals surface area contributed by atoms with Crippen molar-refractivity contribution in [1.82, 2.24) is 9.97 Å². The molecule has 0 atom stereocenters. The smallest absolute Gasteiger partial charge is 0.250 e. The van der Waals surface area contributed by atoms with E-state index in [0.29, 0.717) is 6.42 Å². The quantitative estimate of drug-likeness (QED) is 0.368. The SMILES string of the molecule is C=CC(=O)N1CCCc2cc(Sc3nc(Cc4ccc(N5CCOCC5)cc4)ncc3C)ccc21. The highest BCUT2D eigenvalue weighted by Crippen LogP contribution is 2.35. The number of hydrogen-bond donors (Lipinski definition) is 0. The molecule has 0 N–H and O–H groups in total. The van der Waals surface area contributed by atoms with E-state index in [9.17, 15) is 4.79 Å². The third-order valence-corrected chi connectivity index (χ3v) is 7.57. The van der Waals surface area contributed by atoms with Gasteiger partial charge in [0.2, 0.25) is 5.91 Å². The summed E-state index contributed by atoms with van der Waals surface area (Å²) >= 11 is 1.66. The van der Waals surface area contributed by atoms with Gasteiger partial charge in [0.25, 0.3) is 0 Å². The molecule has 7 heteroatoms. The molecule has 0 radical (unpaired) electrons. The summed E-state index contributed by atoms with van der Waals surface area (Å²) in [4.78, 5) is 27.0. The zero-order valence-corrected chi connectivity index (χ0v) is 20.9. The van der Waals surface area contributed by atoms with Crippen LogP contribution in [-0.2, 0) is 22.4 Å². The Hall–Kier alpha value is -3.16. The van der Waals surface area contributed by atoms with Crippen LogP contribution in [0, 0.1) is 6.92 Å². The van der Waals surface area contributed by atoms with E-state index >= 15 is 0 Å². The minimum absolute atomic E-state index is 0.0411. The zero-order chi connectivity index (χ0) is 24.2. The largest absolute Gasteiger partial charge is 0.378 e. The average molecular weight is 487 g/mol. The molecule has 1 saturated heterocycles. The second-order valence-corrected chi connectivity index (χ2v) is 9.97. The van der Waals surface area contributed by atoms with Gasteiger partial charge in [-0.3, -0.25) is 4.79 Å². The maximum absolute atomic E-state index is 12.2. The van der Waals surface area contributed by atoms with Crippen molar-refractivity contribution in [3.8, 4) is 0 Å². The zero-order valence-electron chi connectivity index (χ0n) is 20.1. The van der Waals surface area contributed by atoms with Crippen LogP contribution < -0.4 is 9.80 Å². The number of benzene rings is 2. The van der Waals surface area contributed by atoms with Crippen molar-refractivity contribution < 1.29 is 9.53 Å². The Morgan fingerprint density at radius 1 is 1.14 bits per heavy atom. The summed E-state index contributed by atoms with van der Waals surface area (Å²) in [6.07, 6.45) is 5.93. The Kier molecular flexibility index (Phi) is 7.16. The molecule has 3 heterocycles. The van der Waals surface area contributed by atoms with Crippen molar-refractivity contribution >= 4 is 29.0 Å². The Labute approximate surface area is 211 Å². The summed E-state index contributed by atoms with van der Waals surface area (Å²) in [5, 5.41) is 0.967. The van der Waals surface area contributed by atoms with Crippen LogP contribution in [0.15, 0.2) is 71.2 Å². The van der Waals surface area contributed by atoms with E-state index in [-0.39, 0.29) is 5.91 Å². The Morgan fingerprint density at radius 3 is 2.71 bits per heavy atom. The fraction of sp³-hybridized carbons (Fsp3) is 0.321. The van der Waals surface area contributed by atoms with E-state index in [1.165, 1.54) is 22.9 Å². The first-order valence-electron chi connectivity index (χ1n) is 12.1. The van der Waals surface area contributed by atoms with Crippen LogP contribution >= 0.6 is 11.8 Å². The molecule has 0 unspecified atom stereocenters. The third kappa shape index (κ3) is 5.41. The van der Waals surface area contributed by atoms with E-state index < -0.39 is 0 Å². The first kappa shape index (κ1) is 23.6. The predicted octanol–water partition coefficient (Wildman–Crippen LogP) is 4.83. The normalized spacial score (nSPS) is 15.6. The summed E-state index contributed by atoms with van der Waals surface area (Å²) in [5.41, 5.74) is 5.68. The second-order valence-electron chi connectivity index (χ2n) is 8.91. The fourth-order valence-electron chi connectivity index (χ4n) is 4.57. The van der Waals surface area contributed by atoms with Gasteiger partial charge in [-0.1, -0.05) is 30.5 Å². The van der Waals surface area contributed by atoms with Crippen molar-refractivity contribution in [2.24, 2.45) is 0 Å². The van der Waals surface area contributed by atoms with Crippen LogP contribution in [0.1, 0.15) is 28.9 Å². The van der Waals surface area contributed by atoms with E-state index in [1.54, 1.807) is 11.8 Å². The molecule has 1 aromatic heterocycles. The molecule has 1 amide bonds. The maximum atomic E-state index is 12.2. The number of carbonyl (C=O) groups excluding carboxylic acids is 1. The molecule has 2 aliphatic rings. The first-order chi connectivity index (χ1) is 17.1. The highest BCUT2D eigenvalue weighted by molar-refractivity contribution is 7.99. The van der Waals surface area contributed by atoms with Crippen molar-refractivity contribution in [2.75, 3.05) is 42.6 Å². The van der Waals surface area contributed by atoms with Gasteiger partial charge in [0.15, 0.2) is 0 Å². The van der Waals surface area contributed by atoms with Gasteiger partial charge in [0, 0.05) is 48.5 Å². The summed E-state index contributed by atoms with van der Waals surface area (Å²) in [6.45, 7) is 9.88. The van der Waals surface area contributed by atoms with Gasteiger partial charge in [-0.25, -0.2) is 9.97 Å². The van der Waals surface area contributed by atoms with E-state index in [2.05, 4.69) is 52.9 Å². The van der Waals surface area contributed by atoms with Gasteiger partial charge in [-0.15, -0.1) is 0 Å². The molecule has 1 fully saturated rings. The molecule has 2 aliphatic heterocycles. The number of nitrogens with zero attached hydrogens (tertiary/aromatic N) is 4. The summed E-state index contributed by atoms with van der Waals surface area (Å²) in [5.74, 6) is 0.776. The average Bonchev–Trinajstić information content (AvgIpc) is 2.90. The maximum Gasteiger partial charge on any atom is 0.250 e. The fourth-order valence-corrected chi connectivity index (χ4v) is 5.49. The van der Waals surface area contributed by atoms with Gasteiger partial charge < -0.3 is 14.5 Å². The number of carbonyl (C=O) groups is 1. The van der Waals surface area contributed by atoms with Crippen molar-refractivity contribution in [2.45, 2.75) is 36.1 Å². The van der Waals surface area contributed by atoms with E-state index in [1.807, 2.05) is 24.1 Å². The van der Waals surface area contributed by atoms with Gasteiger partial charge in [0.05, 0.1) is 13.2 Å². The summed E-state index contributed by atoms with van der Waals surface area (Å²) in [7, 11) is 0. The number of anilines is 2. The number of rotatable bonds is 6. The van der Waals surface area contributed by atoms with Gasteiger partial charge in [-0.05, 0) is 72.9 Å². The Morgan fingerprint density at radius 2 is 1.94 bits per heavy atom. The van der Waals surface area contributed by atoms with Gasteiger partial charge in [0.1, 0.15) is 10.9 Å². The van der Waals surface area contributed by atoms with Gasteiger partial charge in [-0.2, -0.15) is 0 Å². The highest BCUT2D eigenvalue weighted by Gasteiger charge is 2.21. The van der Waals surface area contributed by atoms with Crippen LogP contribution in [-0.4, -0.2) is 48.7 Å².